The number of aromatic nitrogens is 5. The predicted octanol–water partition coefficient (Wildman–Crippen LogP) is 5.53. The lowest BCUT2D eigenvalue weighted by molar-refractivity contribution is 0.0942. The number of ether oxygens (including phenoxy) is 1. The van der Waals surface area contributed by atoms with Crippen LogP contribution in [0.4, 0.5) is 4.39 Å². The number of rotatable bonds is 8. The number of nitrogens with one attached hydrogen (secondary N) is 2. The smallest absolute Gasteiger partial charge is 0.289 e. The lowest BCUT2D eigenvalue weighted by Crippen LogP contribution is -2.27. The Morgan fingerprint density at radius 2 is 1.93 bits per heavy atom. The molecular formula is C31H31FN6O4. The summed E-state index contributed by atoms with van der Waals surface area (Å²) in [5.74, 6) is 0.230. The van der Waals surface area contributed by atoms with Gasteiger partial charge in [0.25, 0.3) is 5.91 Å². The fourth-order valence-corrected chi connectivity index (χ4v) is 4.95. The SMILES string of the molecule is COc1cc(C)c2c(-c3ccnc4ccc(F)cc34)nc(C(=O)NCCCCO)nc2[nH]ccc1-c1c(C)noc1C. The van der Waals surface area contributed by atoms with E-state index < -0.39 is 11.7 Å². The third kappa shape index (κ3) is 5.64. The zero-order valence-corrected chi connectivity index (χ0v) is 23.8. The molecule has 0 saturated carbocycles. The number of carbonyl (C=O) groups is 1. The van der Waals surface area contributed by atoms with Crippen molar-refractivity contribution in [2.24, 2.45) is 0 Å². The van der Waals surface area contributed by atoms with Crippen LogP contribution in [0.15, 0.2) is 53.3 Å². The van der Waals surface area contributed by atoms with Crippen molar-refractivity contribution in [1.29, 1.82) is 0 Å². The summed E-state index contributed by atoms with van der Waals surface area (Å²) in [6, 6.07) is 9.79. The molecule has 0 radical (unpaired) electrons. The molecule has 1 aromatic carbocycles. The van der Waals surface area contributed by atoms with Crippen molar-refractivity contribution in [3.05, 3.63) is 77.5 Å². The summed E-state index contributed by atoms with van der Waals surface area (Å²) in [6.07, 6.45) is 4.49. The maximum atomic E-state index is 14.5. The van der Waals surface area contributed by atoms with E-state index in [1.165, 1.54) is 12.1 Å². The number of aliphatic hydroxyl groups is 1. The number of nitrogens with zero attached hydrogens (tertiary/aromatic N) is 4. The lowest BCUT2D eigenvalue weighted by Gasteiger charge is -2.12. The Balaban J connectivity index is 1.84. The van der Waals surface area contributed by atoms with Crippen molar-refractivity contribution in [1.82, 2.24) is 30.4 Å². The molecule has 11 heteroatoms. The molecule has 0 unspecified atom stereocenters. The van der Waals surface area contributed by atoms with Crippen molar-refractivity contribution in [3.8, 4) is 28.1 Å². The second-order valence-corrected chi connectivity index (χ2v) is 9.81. The van der Waals surface area contributed by atoms with Crippen LogP contribution >= 0.6 is 0 Å². The van der Waals surface area contributed by atoms with Crippen molar-refractivity contribution in [2.75, 3.05) is 20.3 Å². The van der Waals surface area contributed by atoms with Crippen LogP contribution in [0.25, 0.3) is 44.3 Å². The first-order valence-electron chi connectivity index (χ1n) is 13.5. The molecule has 0 aliphatic carbocycles. The van der Waals surface area contributed by atoms with Crippen molar-refractivity contribution < 1.29 is 23.6 Å². The van der Waals surface area contributed by atoms with Gasteiger partial charge in [0, 0.05) is 47.4 Å². The Labute approximate surface area is 241 Å². The Kier molecular flexibility index (Phi) is 8.39. The molecule has 5 rings (SSSR count). The summed E-state index contributed by atoms with van der Waals surface area (Å²) in [7, 11) is 1.58. The number of aliphatic hydroxyl groups excluding tert-OH is 1. The third-order valence-corrected chi connectivity index (χ3v) is 6.94. The van der Waals surface area contributed by atoms with Crippen LogP contribution in [0.1, 0.15) is 40.5 Å². The summed E-state index contributed by atoms with van der Waals surface area (Å²) in [5, 5.41) is 17.1. The fraction of sp³-hybridized carbons (Fsp3) is 0.258. The number of H-pyrrole nitrogens is 1. The molecule has 0 fully saturated rings. The summed E-state index contributed by atoms with van der Waals surface area (Å²) < 4.78 is 25.7. The lowest BCUT2D eigenvalue weighted by atomic mass is 10.0. The largest absolute Gasteiger partial charge is 0.496 e. The maximum Gasteiger partial charge on any atom is 0.289 e. The van der Waals surface area contributed by atoms with Crippen LogP contribution in [0.2, 0.25) is 0 Å². The van der Waals surface area contributed by atoms with E-state index in [9.17, 15) is 9.18 Å². The molecule has 3 N–H and O–H groups in total. The average molecular weight is 571 g/mol. The number of aryl methyl sites for hydroxylation is 3. The van der Waals surface area contributed by atoms with Gasteiger partial charge >= 0.3 is 0 Å². The highest BCUT2D eigenvalue weighted by Gasteiger charge is 2.20. The first kappa shape index (κ1) is 28.6. The summed E-state index contributed by atoms with van der Waals surface area (Å²) in [5.41, 5.74) is 4.92. The highest BCUT2D eigenvalue weighted by atomic mass is 19.1. The van der Waals surface area contributed by atoms with E-state index in [0.29, 0.717) is 69.8 Å². The van der Waals surface area contributed by atoms with Gasteiger partial charge in [-0.15, -0.1) is 0 Å². The number of halogens is 1. The van der Waals surface area contributed by atoms with Gasteiger partial charge in [-0.25, -0.2) is 14.4 Å². The zero-order valence-electron chi connectivity index (χ0n) is 23.8. The van der Waals surface area contributed by atoms with E-state index >= 15 is 0 Å². The molecular weight excluding hydrogens is 539 g/mol. The van der Waals surface area contributed by atoms with Gasteiger partial charge in [0.1, 0.15) is 23.0 Å². The first-order valence-corrected chi connectivity index (χ1v) is 13.5. The van der Waals surface area contributed by atoms with Crippen molar-refractivity contribution in [3.63, 3.8) is 0 Å². The number of hydrogen-bond donors (Lipinski definition) is 3. The third-order valence-electron chi connectivity index (χ3n) is 6.94. The number of pyridine rings is 1. The second kappa shape index (κ2) is 12.3. The quantitative estimate of drug-likeness (QED) is 0.207. The molecule has 0 spiro atoms. The molecule has 4 heterocycles. The molecule has 4 aromatic heterocycles. The normalized spacial score (nSPS) is 11.1. The molecule has 5 aromatic rings. The monoisotopic (exact) mass is 570 g/mol. The number of fused-ring (bicyclic) bond motifs is 2. The van der Waals surface area contributed by atoms with Crippen molar-refractivity contribution >= 4 is 27.8 Å². The number of carbonyl (C=O) groups excluding carboxylic acids is 1. The molecule has 0 saturated heterocycles. The first-order chi connectivity index (χ1) is 20.3. The number of aromatic amines is 1. The summed E-state index contributed by atoms with van der Waals surface area (Å²) >= 11 is 0. The van der Waals surface area contributed by atoms with E-state index in [0.717, 1.165) is 16.7 Å². The van der Waals surface area contributed by atoms with E-state index in [4.69, 9.17) is 19.4 Å². The fourth-order valence-electron chi connectivity index (χ4n) is 4.95. The highest BCUT2D eigenvalue weighted by molar-refractivity contribution is 6.04. The molecule has 42 heavy (non-hydrogen) atoms. The minimum absolute atomic E-state index is 0.0380. The van der Waals surface area contributed by atoms with E-state index in [1.54, 1.807) is 31.6 Å². The highest BCUT2D eigenvalue weighted by Crippen LogP contribution is 2.36. The van der Waals surface area contributed by atoms with Crippen LogP contribution < -0.4 is 10.1 Å². The standard InChI is InChI=1S/C31H31FN6O4/c1-17-15-25(41-4)22(27-18(2)38-42-19(27)3)10-13-34-29-26(17)28(36-30(37-29)31(40)35-11-5-6-14-39)21-9-12-33-24-8-7-20(32)16-23(21)24/h7-10,12-13,15-16,39H,5-6,11,14H2,1-4H3,(H,35,40)(H,34,36,37). The van der Waals surface area contributed by atoms with Gasteiger partial charge in [-0.1, -0.05) is 5.16 Å². The van der Waals surface area contributed by atoms with Crippen LogP contribution in [0.5, 0.6) is 5.75 Å². The van der Waals surface area contributed by atoms with Crippen LogP contribution in [-0.4, -0.2) is 56.4 Å². The van der Waals surface area contributed by atoms with Crippen LogP contribution in [0, 0.1) is 26.6 Å². The predicted molar refractivity (Wildman–Crippen MR) is 157 cm³/mol. The topological polar surface area (TPSA) is 139 Å². The summed E-state index contributed by atoms with van der Waals surface area (Å²) in [6.45, 7) is 5.97. The van der Waals surface area contributed by atoms with Gasteiger partial charge in [-0.2, -0.15) is 0 Å². The van der Waals surface area contributed by atoms with Gasteiger partial charge in [0.2, 0.25) is 5.82 Å². The number of benzene rings is 1. The molecule has 0 bridgehead atoms. The van der Waals surface area contributed by atoms with Crippen LogP contribution in [-0.2, 0) is 0 Å². The van der Waals surface area contributed by atoms with E-state index in [-0.39, 0.29) is 12.4 Å². The minimum Gasteiger partial charge on any atom is -0.496 e. The molecule has 0 aliphatic rings. The molecule has 0 atom stereocenters. The van der Waals surface area contributed by atoms with E-state index in [2.05, 4.69) is 25.4 Å². The Morgan fingerprint density at radius 3 is 2.67 bits per heavy atom. The molecule has 216 valence electrons. The van der Waals surface area contributed by atoms with Crippen molar-refractivity contribution in [2.45, 2.75) is 33.6 Å². The van der Waals surface area contributed by atoms with E-state index in [1.807, 2.05) is 32.9 Å². The number of amides is 1. The van der Waals surface area contributed by atoms with Crippen LogP contribution in [0.3, 0.4) is 0 Å². The van der Waals surface area contributed by atoms with Gasteiger partial charge in [-0.05, 0) is 75.6 Å². The molecule has 0 aliphatic heterocycles. The van der Waals surface area contributed by atoms with Gasteiger partial charge in [0.05, 0.1) is 29.6 Å². The Morgan fingerprint density at radius 1 is 1.10 bits per heavy atom. The van der Waals surface area contributed by atoms with Gasteiger partial charge < -0.3 is 24.7 Å². The van der Waals surface area contributed by atoms with Gasteiger partial charge in [0.15, 0.2) is 0 Å². The molecule has 10 nitrogen and oxygen atoms in total. The summed E-state index contributed by atoms with van der Waals surface area (Å²) in [4.78, 5) is 30.2. The average Bonchev–Trinajstić information content (AvgIpc) is 3.34. The zero-order chi connectivity index (χ0) is 29.8. The Hall–Kier alpha value is -4.90. The number of unbranched alkanes of at least 4 members (excludes halogenated alkanes) is 1. The maximum absolute atomic E-state index is 14.5. The number of hydrogen-bond acceptors (Lipinski definition) is 8. The minimum atomic E-state index is -0.471. The number of methoxy groups -OCH3 is 1. The Bertz CT molecular complexity index is 1830. The second-order valence-electron chi connectivity index (χ2n) is 9.81. The molecule has 1 amide bonds. The van der Waals surface area contributed by atoms with Gasteiger partial charge in [-0.3, -0.25) is 9.78 Å².